The van der Waals surface area contributed by atoms with Crippen molar-refractivity contribution >= 4 is 5.69 Å². The fourth-order valence-corrected chi connectivity index (χ4v) is 3.26. The number of anilines is 1. The molecule has 0 bridgehead atoms. The van der Waals surface area contributed by atoms with Crippen molar-refractivity contribution in [2.24, 2.45) is 5.73 Å². The molecule has 1 saturated heterocycles. The number of likely N-dealkylation sites (tertiary alicyclic amines) is 1. The van der Waals surface area contributed by atoms with E-state index in [2.05, 4.69) is 30.6 Å². The SMILES string of the molecule is CCN(c1ccccc1F)C1(CN)CCN(C(C)C)C1. The zero-order valence-electron chi connectivity index (χ0n) is 12.8. The third-order valence-corrected chi connectivity index (χ3v) is 4.50. The highest BCUT2D eigenvalue weighted by atomic mass is 19.1. The summed E-state index contributed by atoms with van der Waals surface area (Å²) in [4.78, 5) is 4.58. The standard InChI is InChI=1S/C16H26FN3/c1-4-20(15-8-6-5-7-14(15)17)16(11-18)9-10-19(12-16)13(2)3/h5-8,13H,4,9-12,18H2,1-3H3. The summed E-state index contributed by atoms with van der Waals surface area (Å²) in [5, 5.41) is 0. The molecule has 0 amide bonds. The Bertz CT molecular complexity index is 449. The average molecular weight is 279 g/mol. The van der Waals surface area contributed by atoms with E-state index in [0.29, 0.717) is 18.3 Å². The molecule has 2 rings (SSSR count). The molecule has 0 aliphatic carbocycles. The molecular weight excluding hydrogens is 253 g/mol. The van der Waals surface area contributed by atoms with Gasteiger partial charge in [0.1, 0.15) is 5.82 Å². The molecule has 4 heteroatoms. The molecule has 0 saturated carbocycles. The third kappa shape index (κ3) is 2.67. The molecule has 1 aromatic carbocycles. The molecule has 1 fully saturated rings. The minimum Gasteiger partial charge on any atom is -0.361 e. The van der Waals surface area contributed by atoms with Gasteiger partial charge in [0.25, 0.3) is 0 Å². The Morgan fingerprint density at radius 2 is 2.10 bits per heavy atom. The molecule has 1 unspecified atom stereocenters. The minimum atomic E-state index is -0.162. The van der Waals surface area contributed by atoms with Gasteiger partial charge in [0.15, 0.2) is 0 Å². The lowest BCUT2D eigenvalue weighted by Gasteiger charge is -2.42. The lowest BCUT2D eigenvalue weighted by molar-refractivity contribution is 0.253. The number of likely N-dealkylation sites (N-methyl/N-ethyl adjacent to an activating group) is 1. The number of hydrogen-bond donors (Lipinski definition) is 1. The number of nitrogens with zero attached hydrogens (tertiary/aromatic N) is 2. The van der Waals surface area contributed by atoms with Crippen LogP contribution in [0.1, 0.15) is 27.2 Å². The molecule has 1 aromatic rings. The van der Waals surface area contributed by atoms with Crippen molar-refractivity contribution in [3.05, 3.63) is 30.1 Å². The second-order valence-electron chi connectivity index (χ2n) is 5.94. The van der Waals surface area contributed by atoms with Crippen LogP contribution in [0.15, 0.2) is 24.3 Å². The van der Waals surface area contributed by atoms with E-state index in [0.717, 1.165) is 26.1 Å². The number of hydrogen-bond acceptors (Lipinski definition) is 3. The molecule has 1 aliphatic rings. The summed E-state index contributed by atoms with van der Waals surface area (Å²) in [5.74, 6) is -0.162. The Balaban J connectivity index is 2.32. The molecule has 1 atom stereocenters. The van der Waals surface area contributed by atoms with E-state index < -0.39 is 0 Å². The predicted octanol–water partition coefficient (Wildman–Crippen LogP) is 2.46. The minimum absolute atomic E-state index is 0.152. The van der Waals surface area contributed by atoms with E-state index >= 15 is 0 Å². The van der Waals surface area contributed by atoms with E-state index in [1.165, 1.54) is 6.07 Å². The molecule has 1 aliphatic heterocycles. The van der Waals surface area contributed by atoms with E-state index in [4.69, 9.17) is 5.73 Å². The zero-order valence-corrected chi connectivity index (χ0v) is 12.8. The Kier molecular flexibility index (Phi) is 4.66. The van der Waals surface area contributed by atoms with Gasteiger partial charge in [-0.25, -0.2) is 4.39 Å². The van der Waals surface area contributed by atoms with Crippen LogP contribution >= 0.6 is 0 Å². The van der Waals surface area contributed by atoms with Gasteiger partial charge in [-0.05, 0) is 39.3 Å². The number of nitrogens with two attached hydrogens (primary N) is 1. The molecule has 2 N–H and O–H groups in total. The number of rotatable bonds is 5. The molecule has 0 spiro atoms. The maximum Gasteiger partial charge on any atom is 0.146 e. The van der Waals surface area contributed by atoms with Crippen LogP contribution < -0.4 is 10.6 Å². The van der Waals surface area contributed by atoms with Crippen LogP contribution in [0.25, 0.3) is 0 Å². The van der Waals surface area contributed by atoms with Crippen molar-refractivity contribution in [2.75, 3.05) is 31.1 Å². The van der Waals surface area contributed by atoms with Crippen LogP contribution in [0.3, 0.4) is 0 Å². The quantitative estimate of drug-likeness (QED) is 0.898. The van der Waals surface area contributed by atoms with Gasteiger partial charge in [0, 0.05) is 32.2 Å². The lowest BCUT2D eigenvalue weighted by Crippen LogP contribution is -2.56. The molecular formula is C16H26FN3. The van der Waals surface area contributed by atoms with Gasteiger partial charge in [-0.1, -0.05) is 12.1 Å². The van der Waals surface area contributed by atoms with Gasteiger partial charge in [-0.2, -0.15) is 0 Å². The first-order valence-electron chi connectivity index (χ1n) is 7.50. The van der Waals surface area contributed by atoms with Crippen LogP contribution in [0.4, 0.5) is 10.1 Å². The van der Waals surface area contributed by atoms with E-state index in [9.17, 15) is 4.39 Å². The van der Waals surface area contributed by atoms with Crippen molar-refractivity contribution in [3.8, 4) is 0 Å². The highest BCUT2D eigenvalue weighted by Crippen LogP contribution is 2.33. The topological polar surface area (TPSA) is 32.5 Å². The summed E-state index contributed by atoms with van der Waals surface area (Å²) in [6.07, 6.45) is 0.990. The fourth-order valence-electron chi connectivity index (χ4n) is 3.26. The van der Waals surface area contributed by atoms with Crippen molar-refractivity contribution in [2.45, 2.75) is 38.8 Å². The summed E-state index contributed by atoms with van der Waals surface area (Å²) in [6.45, 7) is 9.73. The van der Waals surface area contributed by atoms with Crippen LogP contribution in [-0.4, -0.2) is 42.7 Å². The van der Waals surface area contributed by atoms with E-state index in [-0.39, 0.29) is 11.4 Å². The van der Waals surface area contributed by atoms with Crippen LogP contribution in [0.5, 0.6) is 0 Å². The second-order valence-corrected chi connectivity index (χ2v) is 5.94. The molecule has 3 nitrogen and oxygen atoms in total. The largest absolute Gasteiger partial charge is 0.361 e. The van der Waals surface area contributed by atoms with Crippen molar-refractivity contribution in [3.63, 3.8) is 0 Å². The molecule has 0 radical (unpaired) electrons. The molecule has 112 valence electrons. The van der Waals surface area contributed by atoms with Gasteiger partial charge in [-0.15, -0.1) is 0 Å². The Labute approximate surface area is 121 Å². The van der Waals surface area contributed by atoms with Crippen LogP contribution in [0, 0.1) is 5.82 Å². The maximum absolute atomic E-state index is 14.1. The van der Waals surface area contributed by atoms with Crippen LogP contribution in [-0.2, 0) is 0 Å². The van der Waals surface area contributed by atoms with E-state index in [1.54, 1.807) is 6.07 Å². The van der Waals surface area contributed by atoms with Gasteiger partial charge in [0.2, 0.25) is 0 Å². The first-order valence-corrected chi connectivity index (χ1v) is 7.50. The average Bonchev–Trinajstić information content (AvgIpc) is 2.88. The smallest absolute Gasteiger partial charge is 0.146 e. The fraction of sp³-hybridized carbons (Fsp3) is 0.625. The van der Waals surface area contributed by atoms with Gasteiger partial charge in [0.05, 0.1) is 11.2 Å². The lowest BCUT2D eigenvalue weighted by atomic mass is 9.95. The highest BCUT2D eigenvalue weighted by molar-refractivity contribution is 5.51. The first-order chi connectivity index (χ1) is 9.54. The summed E-state index contributed by atoms with van der Waals surface area (Å²) in [6, 6.07) is 7.51. The summed E-state index contributed by atoms with van der Waals surface area (Å²) >= 11 is 0. The van der Waals surface area contributed by atoms with Gasteiger partial charge >= 0.3 is 0 Å². The maximum atomic E-state index is 14.1. The summed E-state index contributed by atoms with van der Waals surface area (Å²) in [5.41, 5.74) is 6.62. The number of halogens is 1. The van der Waals surface area contributed by atoms with Gasteiger partial charge in [-0.3, -0.25) is 4.90 Å². The predicted molar refractivity (Wildman–Crippen MR) is 82.5 cm³/mol. The second kappa shape index (κ2) is 6.10. The van der Waals surface area contributed by atoms with Gasteiger partial charge < -0.3 is 10.6 Å². The number of para-hydroxylation sites is 1. The molecule has 1 heterocycles. The Morgan fingerprint density at radius 1 is 1.40 bits per heavy atom. The zero-order chi connectivity index (χ0) is 14.8. The first kappa shape index (κ1) is 15.3. The third-order valence-electron chi connectivity index (χ3n) is 4.50. The molecule has 20 heavy (non-hydrogen) atoms. The van der Waals surface area contributed by atoms with Crippen molar-refractivity contribution in [1.82, 2.24) is 4.90 Å². The van der Waals surface area contributed by atoms with Crippen molar-refractivity contribution in [1.29, 1.82) is 0 Å². The highest BCUT2D eigenvalue weighted by Gasteiger charge is 2.42. The van der Waals surface area contributed by atoms with Crippen molar-refractivity contribution < 1.29 is 4.39 Å². The van der Waals surface area contributed by atoms with E-state index in [1.807, 2.05) is 12.1 Å². The molecule has 0 aromatic heterocycles. The van der Waals surface area contributed by atoms with Crippen LogP contribution in [0.2, 0.25) is 0 Å². The number of benzene rings is 1. The monoisotopic (exact) mass is 279 g/mol. The summed E-state index contributed by atoms with van der Waals surface area (Å²) < 4.78 is 14.1. The normalized spacial score (nSPS) is 23.5. The Hall–Kier alpha value is -1.13. The Morgan fingerprint density at radius 3 is 2.60 bits per heavy atom. The summed E-state index contributed by atoms with van der Waals surface area (Å²) in [7, 11) is 0.